The number of benzene rings is 2. The summed E-state index contributed by atoms with van der Waals surface area (Å²) in [6.07, 6.45) is -2.59. The molecule has 0 spiro atoms. The van der Waals surface area contributed by atoms with Gasteiger partial charge in [-0.25, -0.2) is 22.4 Å². The lowest BCUT2D eigenvalue weighted by atomic mass is 10.1. The van der Waals surface area contributed by atoms with Crippen molar-refractivity contribution in [1.29, 1.82) is 0 Å². The van der Waals surface area contributed by atoms with Crippen LogP contribution in [0.25, 0.3) is 0 Å². The molecule has 33 heavy (non-hydrogen) atoms. The molecule has 1 fully saturated rings. The van der Waals surface area contributed by atoms with E-state index in [-0.39, 0.29) is 20.9 Å². The first-order valence-corrected chi connectivity index (χ1v) is 10.5. The average molecular weight is 505 g/mol. The van der Waals surface area contributed by atoms with Crippen molar-refractivity contribution in [3.8, 4) is 0 Å². The number of hydrogen-bond donors (Lipinski definition) is 0. The highest BCUT2D eigenvalue weighted by atomic mass is 35.5. The lowest BCUT2D eigenvalue weighted by Gasteiger charge is -2.36. The van der Waals surface area contributed by atoms with Crippen molar-refractivity contribution in [2.24, 2.45) is 0 Å². The van der Waals surface area contributed by atoms with Gasteiger partial charge in [0.15, 0.2) is 0 Å². The summed E-state index contributed by atoms with van der Waals surface area (Å²) < 4.78 is 58.3. The maximum atomic E-state index is 14.6. The number of carbonyl (C=O) groups is 3. The third-order valence-electron chi connectivity index (χ3n) is 4.90. The lowest BCUT2D eigenvalue weighted by molar-refractivity contribution is -0.149. The molecule has 1 saturated heterocycles. The maximum Gasteiger partial charge on any atom is 0.333 e. The minimum absolute atomic E-state index is 0.149. The van der Waals surface area contributed by atoms with Crippen LogP contribution >= 0.6 is 23.2 Å². The summed E-state index contributed by atoms with van der Waals surface area (Å²) in [7, 11) is 0. The number of amides is 4. The monoisotopic (exact) mass is 504 g/mol. The molecule has 4 amide bonds. The van der Waals surface area contributed by atoms with Gasteiger partial charge in [0.1, 0.15) is 6.42 Å². The third kappa shape index (κ3) is 6.68. The summed E-state index contributed by atoms with van der Waals surface area (Å²) in [5.74, 6) is -9.45. The molecule has 176 valence electrons. The van der Waals surface area contributed by atoms with Crippen LogP contribution in [0.15, 0.2) is 48.5 Å². The fourth-order valence-corrected chi connectivity index (χ4v) is 3.62. The first kappa shape index (κ1) is 25.0. The summed E-state index contributed by atoms with van der Waals surface area (Å²) in [5, 5.41) is 0.689. The van der Waals surface area contributed by atoms with E-state index in [0.29, 0.717) is 10.0 Å². The van der Waals surface area contributed by atoms with Crippen molar-refractivity contribution in [3.63, 3.8) is 0 Å². The van der Waals surface area contributed by atoms with Crippen LogP contribution in [0, 0.1) is 0 Å². The van der Waals surface area contributed by atoms with E-state index >= 15 is 0 Å². The van der Waals surface area contributed by atoms with Crippen LogP contribution in [0.4, 0.5) is 22.4 Å². The number of barbiturate groups is 1. The number of halogens is 6. The van der Waals surface area contributed by atoms with E-state index in [1.807, 2.05) is 0 Å². The van der Waals surface area contributed by atoms with Crippen molar-refractivity contribution in [2.45, 2.75) is 31.1 Å². The predicted molar refractivity (Wildman–Crippen MR) is 114 cm³/mol. The molecule has 11 heteroatoms. The summed E-state index contributed by atoms with van der Waals surface area (Å²) in [4.78, 5) is 37.2. The zero-order valence-electron chi connectivity index (χ0n) is 17.0. The summed E-state index contributed by atoms with van der Waals surface area (Å²) >= 11 is 11.5. The van der Waals surface area contributed by atoms with Gasteiger partial charge in [-0.3, -0.25) is 19.4 Å². The topological polar surface area (TPSA) is 57.7 Å². The Kier molecular flexibility index (Phi) is 7.33. The number of rotatable bonds is 8. The van der Waals surface area contributed by atoms with Gasteiger partial charge >= 0.3 is 6.03 Å². The van der Waals surface area contributed by atoms with E-state index in [2.05, 4.69) is 0 Å². The van der Waals surface area contributed by atoms with Gasteiger partial charge in [0.05, 0.1) is 13.1 Å². The van der Waals surface area contributed by atoms with Gasteiger partial charge in [0.2, 0.25) is 11.8 Å². The predicted octanol–water partition coefficient (Wildman–Crippen LogP) is 5.23. The van der Waals surface area contributed by atoms with Crippen LogP contribution in [0.5, 0.6) is 0 Å². The highest BCUT2D eigenvalue weighted by molar-refractivity contribution is 6.30. The fraction of sp³-hybridized carbons (Fsp3) is 0.318. The summed E-state index contributed by atoms with van der Waals surface area (Å²) in [6.45, 7) is -2.69. The Morgan fingerprint density at radius 1 is 0.667 bits per heavy atom. The number of carbonyl (C=O) groups excluding carboxylic acids is 3. The normalized spacial score (nSPS) is 15.4. The molecule has 0 saturated carbocycles. The first-order chi connectivity index (χ1) is 15.3. The van der Waals surface area contributed by atoms with Crippen LogP contribution in [0.3, 0.4) is 0 Å². The van der Waals surface area contributed by atoms with Crippen molar-refractivity contribution in [3.05, 3.63) is 69.7 Å². The average Bonchev–Trinajstić information content (AvgIpc) is 2.72. The Hall–Kier alpha value is -2.65. The van der Waals surface area contributed by atoms with Crippen LogP contribution < -0.4 is 0 Å². The van der Waals surface area contributed by atoms with Crippen LogP contribution in [-0.4, -0.2) is 52.6 Å². The van der Waals surface area contributed by atoms with Gasteiger partial charge in [0, 0.05) is 22.9 Å². The Morgan fingerprint density at radius 3 is 1.33 bits per heavy atom. The molecule has 1 aliphatic rings. The fourth-order valence-electron chi connectivity index (χ4n) is 3.37. The number of nitrogens with zero attached hydrogens (tertiary/aromatic N) is 2. The number of urea groups is 1. The molecule has 0 N–H and O–H groups in total. The molecule has 0 radical (unpaired) electrons. The number of alkyl halides is 4. The second kappa shape index (κ2) is 9.69. The van der Waals surface area contributed by atoms with Gasteiger partial charge in [0.25, 0.3) is 11.8 Å². The van der Waals surface area contributed by atoms with Crippen LogP contribution in [0.1, 0.15) is 17.5 Å². The van der Waals surface area contributed by atoms with E-state index in [1.165, 1.54) is 48.5 Å². The molecule has 3 rings (SSSR count). The molecule has 0 bridgehead atoms. The second-order valence-electron chi connectivity index (χ2n) is 7.74. The second-order valence-corrected chi connectivity index (χ2v) is 8.61. The summed E-state index contributed by atoms with van der Waals surface area (Å²) in [6, 6.07) is 9.60. The molecule has 0 atom stereocenters. The molecule has 2 aromatic carbocycles. The molecule has 0 aliphatic carbocycles. The van der Waals surface area contributed by atoms with Crippen molar-refractivity contribution < 1.29 is 31.9 Å². The third-order valence-corrected chi connectivity index (χ3v) is 5.40. The van der Waals surface area contributed by atoms with E-state index in [0.717, 1.165) is 0 Å². The first-order valence-electron chi connectivity index (χ1n) is 9.74. The van der Waals surface area contributed by atoms with E-state index < -0.39 is 62.0 Å². The Balaban J connectivity index is 1.71. The minimum Gasteiger partial charge on any atom is -0.274 e. The molecule has 0 unspecified atom stereocenters. The largest absolute Gasteiger partial charge is 0.333 e. The maximum absolute atomic E-state index is 14.6. The van der Waals surface area contributed by atoms with Gasteiger partial charge in [-0.2, -0.15) is 0 Å². The van der Waals surface area contributed by atoms with Crippen molar-refractivity contribution in [1.82, 2.24) is 9.80 Å². The Morgan fingerprint density at radius 2 is 1.00 bits per heavy atom. The van der Waals surface area contributed by atoms with Gasteiger partial charge < -0.3 is 0 Å². The SMILES string of the molecule is O=C1CC(=O)N(CC(F)(F)Cc2ccc(Cl)cc2)C(=O)N1CC(F)(F)Cc1ccc(Cl)cc1. The summed E-state index contributed by atoms with van der Waals surface area (Å²) in [5.41, 5.74) is 0.396. The molecule has 2 aromatic rings. The Bertz CT molecular complexity index is 965. The molecular weight excluding hydrogens is 487 g/mol. The van der Waals surface area contributed by atoms with E-state index in [9.17, 15) is 31.9 Å². The number of imide groups is 2. The van der Waals surface area contributed by atoms with Crippen molar-refractivity contribution in [2.75, 3.05) is 13.1 Å². The van der Waals surface area contributed by atoms with Gasteiger partial charge in [-0.15, -0.1) is 0 Å². The lowest BCUT2D eigenvalue weighted by Crippen LogP contribution is -2.60. The highest BCUT2D eigenvalue weighted by Gasteiger charge is 2.46. The zero-order valence-corrected chi connectivity index (χ0v) is 18.6. The number of hydrogen-bond acceptors (Lipinski definition) is 3. The van der Waals surface area contributed by atoms with Gasteiger partial charge in [-0.05, 0) is 35.4 Å². The quantitative estimate of drug-likeness (QED) is 0.365. The standard InChI is InChI=1S/C22H18Cl2F4N2O3/c23-16-5-1-14(2-6-16)10-21(25,26)12-29-18(31)9-19(32)30(20(29)33)13-22(27,28)11-15-3-7-17(24)8-4-15/h1-8H,9-13H2. The highest BCUT2D eigenvalue weighted by Crippen LogP contribution is 2.28. The zero-order chi connectivity index (χ0) is 24.4. The molecule has 1 heterocycles. The van der Waals surface area contributed by atoms with Crippen LogP contribution in [0.2, 0.25) is 10.0 Å². The smallest absolute Gasteiger partial charge is 0.274 e. The van der Waals surface area contributed by atoms with E-state index in [1.54, 1.807) is 0 Å². The molecule has 5 nitrogen and oxygen atoms in total. The molecule has 1 aliphatic heterocycles. The molecule has 0 aromatic heterocycles. The minimum atomic E-state index is -3.56. The van der Waals surface area contributed by atoms with Crippen LogP contribution in [-0.2, 0) is 22.4 Å². The van der Waals surface area contributed by atoms with Crippen molar-refractivity contribution >= 4 is 41.0 Å². The van der Waals surface area contributed by atoms with E-state index in [4.69, 9.17) is 23.2 Å². The molecular formula is C22H18Cl2F4N2O3. The Labute approximate surface area is 196 Å². The van der Waals surface area contributed by atoms with Gasteiger partial charge in [-0.1, -0.05) is 47.5 Å².